The normalized spacial score (nSPS) is 12.0. The Morgan fingerprint density at radius 3 is 1.97 bits per heavy atom. The van der Waals surface area contributed by atoms with Gasteiger partial charge >= 0.3 is 5.97 Å². The van der Waals surface area contributed by atoms with Gasteiger partial charge in [-0.3, -0.25) is 4.79 Å². The van der Waals surface area contributed by atoms with Crippen LogP contribution in [0.3, 0.4) is 0 Å². The Morgan fingerprint density at radius 2 is 1.49 bits per heavy atom. The minimum Gasteiger partial charge on any atom is -0.496 e. The summed E-state index contributed by atoms with van der Waals surface area (Å²) in [6.07, 6.45) is 0.460. The summed E-state index contributed by atoms with van der Waals surface area (Å²) in [5.41, 5.74) is 1.38. The zero-order valence-corrected chi connectivity index (χ0v) is 22.6. The average Bonchev–Trinajstić information content (AvgIpc) is 2.87. The first-order valence-electron chi connectivity index (χ1n) is 12.4. The van der Waals surface area contributed by atoms with E-state index in [0.717, 1.165) is 29.3 Å². The highest BCUT2D eigenvalue weighted by Crippen LogP contribution is 2.40. The molecule has 0 unspecified atom stereocenters. The number of hydrogen-bond acceptors (Lipinski definition) is 6. The van der Waals surface area contributed by atoms with Crippen molar-refractivity contribution < 1.29 is 37.7 Å². The van der Waals surface area contributed by atoms with Crippen molar-refractivity contribution in [2.75, 3.05) is 20.8 Å². The van der Waals surface area contributed by atoms with Gasteiger partial charge in [-0.1, -0.05) is 30.3 Å². The standard InChI is InChI=1S/C30H33F2NO6/c1-30(2,3)39-29(36)23(33-28(35)27-21(31)7-6-8-22(27)32)15-18-9-11-20(12-10-18)26-24(37-4)16-19(13-14-34)17-25(26)38-5/h6-12,16-17,23,34H,13-15H2,1-5H3,(H,33,35)/t23-/m0/s1. The molecule has 0 aliphatic heterocycles. The number of ether oxygens (including phenoxy) is 3. The summed E-state index contributed by atoms with van der Waals surface area (Å²) < 4.78 is 45.0. The second-order valence-electron chi connectivity index (χ2n) is 9.91. The molecule has 0 spiro atoms. The average molecular weight is 542 g/mol. The molecule has 3 rings (SSSR count). The highest BCUT2D eigenvalue weighted by Gasteiger charge is 2.29. The summed E-state index contributed by atoms with van der Waals surface area (Å²) in [5, 5.41) is 11.7. The lowest BCUT2D eigenvalue weighted by Crippen LogP contribution is -2.46. The number of nitrogens with one attached hydrogen (secondary N) is 1. The Balaban J connectivity index is 1.91. The zero-order valence-electron chi connectivity index (χ0n) is 22.6. The number of rotatable bonds is 10. The molecule has 1 atom stereocenters. The molecule has 0 aromatic heterocycles. The lowest BCUT2D eigenvalue weighted by Gasteiger charge is -2.25. The van der Waals surface area contributed by atoms with Gasteiger partial charge in [0.1, 0.15) is 40.3 Å². The quantitative estimate of drug-likeness (QED) is 0.356. The van der Waals surface area contributed by atoms with Crippen LogP contribution in [0.1, 0.15) is 42.3 Å². The van der Waals surface area contributed by atoms with E-state index < -0.39 is 40.7 Å². The van der Waals surface area contributed by atoms with Gasteiger partial charge in [-0.25, -0.2) is 13.6 Å². The molecule has 0 bridgehead atoms. The lowest BCUT2D eigenvalue weighted by molar-refractivity contribution is -0.157. The molecule has 2 N–H and O–H groups in total. The summed E-state index contributed by atoms with van der Waals surface area (Å²) in [5.74, 6) is -2.73. The number of methoxy groups -OCH3 is 2. The molecule has 0 aliphatic rings. The summed E-state index contributed by atoms with van der Waals surface area (Å²) in [4.78, 5) is 25.7. The van der Waals surface area contributed by atoms with Crippen LogP contribution >= 0.6 is 0 Å². The van der Waals surface area contributed by atoms with Crippen LogP contribution in [0.25, 0.3) is 11.1 Å². The molecule has 0 radical (unpaired) electrons. The van der Waals surface area contributed by atoms with E-state index >= 15 is 0 Å². The van der Waals surface area contributed by atoms with E-state index in [9.17, 15) is 23.5 Å². The van der Waals surface area contributed by atoms with E-state index in [4.69, 9.17) is 14.2 Å². The van der Waals surface area contributed by atoms with Gasteiger partial charge in [-0.05, 0) is 68.1 Å². The van der Waals surface area contributed by atoms with Gasteiger partial charge in [-0.2, -0.15) is 0 Å². The van der Waals surface area contributed by atoms with E-state index in [2.05, 4.69) is 5.32 Å². The topological polar surface area (TPSA) is 94.1 Å². The number of benzene rings is 3. The minimum atomic E-state index is -1.21. The SMILES string of the molecule is COc1cc(CCO)cc(OC)c1-c1ccc(C[C@H](NC(=O)c2c(F)cccc2F)C(=O)OC(C)(C)C)cc1. The summed E-state index contributed by atoms with van der Waals surface area (Å²) >= 11 is 0. The number of aliphatic hydroxyl groups excluding tert-OH is 1. The molecule has 39 heavy (non-hydrogen) atoms. The van der Waals surface area contributed by atoms with Crippen molar-refractivity contribution in [2.24, 2.45) is 0 Å². The number of aliphatic hydroxyl groups is 1. The van der Waals surface area contributed by atoms with Crippen LogP contribution in [0.5, 0.6) is 11.5 Å². The molecule has 0 saturated heterocycles. The van der Waals surface area contributed by atoms with Crippen molar-refractivity contribution in [3.8, 4) is 22.6 Å². The summed E-state index contributed by atoms with van der Waals surface area (Å²) in [7, 11) is 3.09. The maximum absolute atomic E-state index is 14.2. The fraction of sp³-hybridized carbons (Fsp3) is 0.333. The first-order chi connectivity index (χ1) is 18.5. The predicted molar refractivity (Wildman–Crippen MR) is 143 cm³/mol. The highest BCUT2D eigenvalue weighted by atomic mass is 19.1. The van der Waals surface area contributed by atoms with Crippen LogP contribution in [-0.2, 0) is 22.4 Å². The first kappa shape index (κ1) is 29.6. The van der Waals surface area contributed by atoms with Crippen LogP contribution in [0.15, 0.2) is 54.6 Å². The van der Waals surface area contributed by atoms with Crippen molar-refractivity contribution in [2.45, 2.75) is 45.3 Å². The van der Waals surface area contributed by atoms with Gasteiger partial charge in [0.15, 0.2) is 0 Å². The number of amides is 1. The second kappa shape index (κ2) is 12.7. The molecule has 0 saturated carbocycles. The molecule has 7 nitrogen and oxygen atoms in total. The van der Waals surface area contributed by atoms with E-state index in [-0.39, 0.29) is 13.0 Å². The molecule has 3 aromatic carbocycles. The van der Waals surface area contributed by atoms with Gasteiger partial charge in [-0.15, -0.1) is 0 Å². The van der Waals surface area contributed by atoms with Gasteiger partial charge in [0.25, 0.3) is 5.91 Å². The third-order valence-corrected chi connectivity index (χ3v) is 5.83. The second-order valence-corrected chi connectivity index (χ2v) is 9.91. The maximum Gasteiger partial charge on any atom is 0.329 e. The fourth-order valence-electron chi connectivity index (χ4n) is 4.08. The summed E-state index contributed by atoms with van der Waals surface area (Å²) in [6, 6.07) is 12.7. The molecule has 0 aliphatic carbocycles. The molecule has 0 fully saturated rings. The molecular weight excluding hydrogens is 508 g/mol. The van der Waals surface area contributed by atoms with Gasteiger partial charge in [0.05, 0.1) is 19.8 Å². The largest absolute Gasteiger partial charge is 0.496 e. The third kappa shape index (κ3) is 7.54. The highest BCUT2D eigenvalue weighted by molar-refractivity contribution is 5.97. The Labute approximate surface area is 226 Å². The number of carbonyl (C=O) groups excluding carboxylic acids is 2. The van der Waals surface area contributed by atoms with Crippen LogP contribution in [0.4, 0.5) is 8.78 Å². The first-order valence-corrected chi connectivity index (χ1v) is 12.4. The predicted octanol–water partition coefficient (Wildman–Crippen LogP) is 4.87. The fourth-order valence-corrected chi connectivity index (χ4v) is 4.08. The summed E-state index contributed by atoms with van der Waals surface area (Å²) in [6.45, 7) is 5.03. The minimum absolute atomic E-state index is 0.0146. The molecule has 3 aromatic rings. The van der Waals surface area contributed by atoms with Crippen LogP contribution in [0.2, 0.25) is 0 Å². The van der Waals surface area contributed by atoms with Crippen LogP contribution in [-0.4, -0.2) is 49.5 Å². The molecule has 208 valence electrons. The Hall–Kier alpha value is -3.98. The number of carbonyl (C=O) groups is 2. The Kier molecular flexibility index (Phi) is 9.64. The molecule has 0 heterocycles. The van der Waals surface area contributed by atoms with E-state index in [0.29, 0.717) is 29.0 Å². The van der Waals surface area contributed by atoms with Crippen molar-refractivity contribution in [3.63, 3.8) is 0 Å². The van der Waals surface area contributed by atoms with Crippen molar-refractivity contribution in [3.05, 3.63) is 82.9 Å². The Morgan fingerprint density at radius 1 is 0.923 bits per heavy atom. The van der Waals surface area contributed by atoms with E-state index in [1.54, 1.807) is 47.1 Å². The van der Waals surface area contributed by atoms with Crippen LogP contribution < -0.4 is 14.8 Å². The Bertz CT molecular complexity index is 1270. The molecule has 9 heteroatoms. The van der Waals surface area contributed by atoms with Crippen molar-refractivity contribution >= 4 is 11.9 Å². The monoisotopic (exact) mass is 541 g/mol. The zero-order chi connectivity index (χ0) is 28.7. The van der Waals surface area contributed by atoms with Crippen LogP contribution in [0, 0.1) is 11.6 Å². The smallest absolute Gasteiger partial charge is 0.329 e. The van der Waals surface area contributed by atoms with Crippen molar-refractivity contribution in [1.29, 1.82) is 0 Å². The van der Waals surface area contributed by atoms with Gasteiger partial charge in [0.2, 0.25) is 0 Å². The molecule has 1 amide bonds. The van der Waals surface area contributed by atoms with Gasteiger partial charge in [0, 0.05) is 13.0 Å². The third-order valence-electron chi connectivity index (χ3n) is 5.83. The maximum atomic E-state index is 14.2. The van der Waals surface area contributed by atoms with Crippen molar-refractivity contribution in [1.82, 2.24) is 5.32 Å². The molecular formula is C30H33F2NO6. The number of hydrogen-bond donors (Lipinski definition) is 2. The van der Waals surface area contributed by atoms with E-state index in [1.165, 1.54) is 0 Å². The lowest BCUT2D eigenvalue weighted by atomic mass is 9.97. The van der Waals surface area contributed by atoms with E-state index in [1.807, 2.05) is 24.3 Å². The number of halogens is 2. The number of esters is 1. The van der Waals surface area contributed by atoms with Gasteiger partial charge < -0.3 is 24.6 Å².